The van der Waals surface area contributed by atoms with Crippen LogP contribution in [0.4, 0.5) is 0 Å². The second kappa shape index (κ2) is 10.0. The first-order valence-corrected chi connectivity index (χ1v) is 5.84. The first kappa shape index (κ1) is 15.9. The average Bonchev–Trinajstić information content (AvgIpc) is 2.29. The van der Waals surface area contributed by atoms with Crippen LogP contribution in [0.1, 0.15) is 32.1 Å². The Morgan fingerprint density at radius 2 is 1.94 bits per heavy atom. The van der Waals surface area contributed by atoms with E-state index < -0.39 is 12.1 Å². The number of aliphatic carboxylic acids is 1. The maximum Gasteiger partial charge on any atom is 0.334 e. The highest BCUT2D eigenvalue weighted by molar-refractivity contribution is 5.78. The molecule has 0 heterocycles. The molecule has 0 radical (unpaired) electrons. The summed E-state index contributed by atoms with van der Waals surface area (Å²) in [6.45, 7) is 0.688. The van der Waals surface area contributed by atoms with Crippen molar-refractivity contribution in [2.45, 2.75) is 38.2 Å². The average molecular weight is 246 g/mol. The minimum Gasteiger partial charge on any atom is -0.479 e. The molecule has 0 saturated heterocycles. The molecule has 0 aromatic rings. The van der Waals surface area contributed by atoms with Gasteiger partial charge in [0.2, 0.25) is 5.91 Å². The molecule has 6 nitrogen and oxygen atoms in total. The van der Waals surface area contributed by atoms with E-state index in [-0.39, 0.29) is 12.5 Å². The maximum atomic E-state index is 11.3. The molecule has 100 valence electrons. The quantitative estimate of drug-likeness (QED) is 0.475. The third-order valence-corrected chi connectivity index (χ3v) is 2.40. The molecular weight excluding hydrogens is 224 g/mol. The van der Waals surface area contributed by atoms with Gasteiger partial charge in [0.05, 0.1) is 6.54 Å². The van der Waals surface area contributed by atoms with Crippen molar-refractivity contribution >= 4 is 11.9 Å². The topological polar surface area (TPSA) is 102 Å². The molecule has 0 aromatic heterocycles. The second-order valence-electron chi connectivity index (χ2n) is 3.82. The van der Waals surface area contributed by atoms with Gasteiger partial charge in [-0.05, 0) is 19.4 Å². The van der Waals surface area contributed by atoms with E-state index >= 15 is 0 Å². The van der Waals surface area contributed by atoms with Gasteiger partial charge in [0, 0.05) is 13.5 Å². The van der Waals surface area contributed by atoms with Gasteiger partial charge in [0.15, 0.2) is 6.10 Å². The number of rotatable bonds is 10. The van der Waals surface area contributed by atoms with Crippen molar-refractivity contribution in [2.75, 3.05) is 20.2 Å². The van der Waals surface area contributed by atoms with Crippen LogP contribution in [0, 0.1) is 0 Å². The summed E-state index contributed by atoms with van der Waals surface area (Å²) < 4.78 is 4.69. The Hall–Kier alpha value is -1.14. The highest BCUT2D eigenvalue weighted by atomic mass is 16.5. The minimum absolute atomic E-state index is 0.00741. The van der Waals surface area contributed by atoms with Gasteiger partial charge in [-0.2, -0.15) is 0 Å². The molecule has 0 aliphatic rings. The van der Waals surface area contributed by atoms with Crippen molar-refractivity contribution in [3.63, 3.8) is 0 Å². The molecule has 6 heteroatoms. The van der Waals surface area contributed by atoms with Gasteiger partial charge in [-0.3, -0.25) is 4.79 Å². The summed E-state index contributed by atoms with van der Waals surface area (Å²) in [4.78, 5) is 21.9. The van der Waals surface area contributed by atoms with Crippen LogP contribution in [0.5, 0.6) is 0 Å². The number of amides is 1. The van der Waals surface area contributed by atoms with Crippen molar-refractivity contribution in [1.29, 1.82) is 0 Å². The number of hydrogen-bond acceptors (Lipinski definition) is 4. The number of carboxylic acid groups (broad SMARTS) is 1. The van der Waals surface area contributed by atoms with Gasteiger partial charge in [-0.1, -0.05) is 12.8 Å². The Morgan fingerprint density at radius 3 is 2.47 bits per heavy atom. The Balaban J connectivity index is 3.55. The lowest BCUT2D eigenvalue weighted by atomic mass is 10.1. The molecule has 0 rings (SSSR count). The van der Waals surface area contributed by atoms with Crippen LogP contribution >= 0.6 is 0 Å². The lowest BCUT2D eigenvalue weighted by Gasteiger charge is -2.11. The number of hydrogen-bond donors (Lipinski definition) is 3. The zero-order valence-corrected chi connectivity index (χ0v) is 10.3. The molecule has 0 spiro atoms. The van der Waals surface area contributed by atoms with Crippen molar-refractivity contribution in [2.24, 2.45) is 5.73 Å². The van der Waals surface area contributed by atoms with E-state index in [1.807, 2.05) is 0 Å². The zero-order valence-electron chi connectivity index (χ0n) is 10.3. The van der Waals surface area contributed by atoms with Crippen LogP contribution in [-0.4, -0.2) is 43.3 Å². The lowest BCUT2D eigenvalue weighted by Crippen LogP contribution is -2.37. The highest BCUT2D eigenvalue weighted by Crippen LogP contribution is 2.02. The Kier molecular flexibility index (Phi) is 9.37. The minimum atomic E-state index is -1.07. The van der Waals surface area contributed by atoms with E-state index in [1.54, 1.807) is 0 Å². The predicted molar refractivity (Wildman–Crippen MR) is 63.6 cm³/mol. The maximum absolute atomic E-state index is 11.3. The molecular formula is C11H22N2O4. The predicted octanol–water partition coefficient (Wildman–Crippen LogP) is 0.111. The van der Waals surface area contributed by atoms with Crippen LogP contribution in [0.15, 0.2) is 0 Å². The molecule has 1 unspecified atom stereocenters. The van der Waals surface area contributed by atoms with E-state index in [9.17, 15) is 9.59 Å². The number of carboxylic acids is 1. The van der Waals surface area contributed by atoms with Crippen molar-refractivity contribution in [3.05, 3.63) is 0 Å². The number of methoxy groups -OCH3 is 1. The van der Waals surface area contributed by atoms with Crippen molar-refractivity contribution in [1.82, 2.24) is 5.32 Å². The van der Waals surface area contributed by atoms with E-state index in [1.165, 1.54) is 7.11 Å². The van der Waals surface area contributed by atoms with Gasteiger partial charge >= 0.3 is 5.97 Å². The fourth-order valence-corrected chi connectivity index (χ4v) is 1.35. The molecule has 0 bridgehead atoms. The fraction of sp³-hybridized carbons (Fsp3) is 0.818. The number of nitrogens with two attached hydrogens (primary N) is 1. The molecule has 1 amide bonds. The van der Waals surface area contributed by atoms with Crippen molar-refractivity contribution < 1.29 is 19.4 Å². The van der Waals surface area contributed by atoms with Crippen molar-refractivity contribution in [3.8, 4) is 0 Å². The van der Waals surface area contributed by atoms with Gasteiger partial charge in [0.25, 0.3) is 0 Å². The Morgan fingerprint density at radius 1 is 1.29 bits per heavy atom. The standard InChI is InChI=1S/C11H22N2O4/c1-17-9(11(15)16)8-13-10(14)6-4-2-3-5-7-12/h9H,2-8,12H2,1H3,(H,13,14)(H,15,16). The van der Waals surface area contributed by atoms with E-state index in [0.717, 1.165) is 25.7 Å². The first-order chi connectivity index (χ1) is 8.11. The van der Waals surface area contributed by atoms with Crippen LogP contribution in [0.25, 0.3) is 0 Å². The van der Waals surface area contributed by atoms with E-state index in [0.29, 0.717) is 13.0 Å². The second-order valence-corrected chi connectivity index (χ2v) is 3.82. The summed E-state index contributed by atoms with van der Waals surface area (Å²) in [6.07, 6.45) is 3.22. The highest BCUT2D eigenvalue weighted by Gasteiger charge is 2.16. The Labute approximate surface area is 102 Å². The SMILES string of the molecule is COC(CNC(=O)CCCCCCN)C(=O)O. The molecule has 1 atom stereocenters. The van der Waals surface area contributed by atoms with Gasteiger partial charge in [-0.25, -0.2) is 4.79 Å². The molecule has 0 saturated carbocycles. The summed E-state index contributed by atoms with van der Waals surface area (Å²) in [7, 11) is 1.30. The van der Waals surface area contributed by atoms with Crippen LogP contribution in [0.3, 0.4) is 0 Å². The smallest absolute Gasteiger partial charge is 0.334 e. The summed E-state index contributed by atoms with van der Waals surface area (Å²) in [5, 5.41) is 11.2. The lowest BCUT2D eigenvalue weighted by molar-refractivity contribution is -0.148. The van der Waals surface area contributed by atoms with Gasteiger partial charge in [-0.15, -0.1) is 0 Å². The summed E-state index contributed by atoms with van der Waals surface area (Å²) in [5.74, 6) is -1.21. The third kappa shape index (κ3) is 8.65. The molecule has 4 N–H and O–H groups in total. The summed E-state index contributed by atoms with van der Waals surface area (Å²) >= 11 is 0. The first-order valence-electron chi connectivity index (χ1n) is 5.84. The number of carbonyl (C=O) groups excluding carboxylic acids is 1. The number of nitrogens with one attached hydrogen (secondary N) is 1. The largest absolute Gasteiger partial charge is 0.479 e. The van der Waals surface area contributed by atoms with Gasteiger partial charge < -0.3 is 20.9 Å². The van der Waals surface area contributed by atoms with Crippen LogP contribution in [-0.2, 0) is 14.3 Å². The number of carbonyl (C=O) groups is 2. The fourth-order valence-electron chi connectivity index (χ4n) is 1.35. The monoisotopic (exact) mass is 246 g/mol. The van der Waals surface area contributed by atoms with E-state index in [4.69, 9.17) is 15.6 Å². The van der Waals surface area contributed by atoms with Crippen LogP contribution in [0.2, 0.25) is 0 Å². The van der Waals surface area contributed by atoms with Crippen LogP contribution < -0.4 is 11.1 Å². The van der Waals surface area contributed by atoms with Gasteiger partial charge in [0.1, 0.15) is 0 Å². The molecule has 0 aromatic carbocycles. The zero-order chi connectivity index (χ0) is 13.1. The Bertz CT molecular complexity index is 234. The normalized spacial score (nSPS) is 12.1. The number of ether oxygens (including phenoxy) is 1. The molecule has 0 aliphatic carbocycles. The number of unbranched alkanes of at least 4 members (excludes halogenated alkanes) is 3. The molecule has 17 heavy (non-hydrogen) atoms. The molecule has 0 fully saturated rings. The van der Waals surface area contributed by atoms with E-state index in [2.05, 4.69) is 5.32 Å². The summed E-state index contributed by atoms with van der Waals surface area (Å²) in [5.41, 5.74) is 5.35. The summed E-state index contributed by atoms with van der Waals surface area (Å²) in [6, 6.07) is 0. The molecule has 0 aliphatic heterocycles. The third-order valence-electron chi connectivity index (χ3n) is 2.40.